The third kappa shape index (κ3) is 4.57. The minimum atomic E-state index is -0.241. The van der Waals surface area contributed by atoms with Crippen LogP contribution in [0.1, 0.15) is 32.1 Å². The van der Waals surface area contributed by atoms with Crippen LogP contribution >= 0.6 is 0 Å². The minimum absolute atomic E-state index is 0.0809. The fourth-order valence-electron chi connectivity index (χ4n) is 2.86. The number of nitrogens with two attached hydrogens (primary N) is 1. The summed E-state index contributed by atoms with van der Waals surface area (Å²) < 4.78 is 11.4. The van der Waals surface area contributed by atoms with Gasteiger partial charge in [0.1, 0.15) is 5.75 Å². The second kappa shape index (κ2) is 8.11. The molecule has 1 aliphatic heterocycles. The topological polar surface area (TPSA) is 94.5 Å². The number of ether oxygens (including phenoxy) is 1. The number of primary amides is 1. The monoisotopic (exact) mass is 344 g/mol. The smallest absolute Gasteiger partial charge is 0.247 e. The van der Waals surface area contributed by atoms with E-state index in [1.807, 2.05) is 24.3 Å². The molecule has 0 radical (unpaired) electrons. The van der Waals surface area contributed by atoms with Crippen LogP contribution in [0.2, 0.25) is 0 Å². The van der Waals surface area contributed by atoms with Crippen LogP contribution in [-0.2, 0) is 11.3 Å². The van der Waals surface area contributed by atoms with Crippen molar-refractivity contribution in [3.8, 4) is 17.2 Å². The van der Waals surface area contributed by atoms with Crippen molar-refractivity contribution < 1.29 is 13.9 Å². The van der Waals surface area contributed by atoms with Crippen molar-refractivity contribution in [1.82, 2.24) is 15.1 Å². The predicted molar refractivity (Wildman–Crippen MR) is 92.7 cm³/mol. The summed E-state index contributed by atoms with van der Waals surface area (Å²) in [5.41, 5.74) is 6.22. The minimum Gasteiger partial charge on any atom is -0.494 e. The highest BCUT2D eigenvalue weighted by Gasteiger charge is 2.27. The van der Waals surface area contributed by atoms with E-state index in [-0.39, 0.29) is 11.8 Å². The first kappa shape index (κ1) is 17.4. The summed E-state index contributed by atoms with van der Waals surface area (Å²) in [7, 11) is 0. The Morgan fingerprint density at radius 1 is 1.36 bits per heavy atom. The Balaban J connectivity index is 1.57. The van der Waals surface area contributed by atoms with Gasteiger partial charge in [-0.1, -0.05) is 13.3 Å². The average Bonchev–Trinajstić information content (AvgIpc) is 3.26. The molecule has 0 bridgehead atoms. The molecule has 2 N–H and O–H groups in total. The molecule has 134 valence electrons. The lowest BCUT2D eigenvalue weighted by atomic mass is 10.1. The van der Waals surface area contributed by atoms with Gasteiger partial charge in [0.25, 0.3) is 0 Å². The Hall–Kier alpha value is -2.41. The number of likely N-dealkylation sites (tertiary alicyclic amines) is 1. The normalized spacial score (nSPS) is 17.7. The quantitative estimate of drug-likeness (QED) is 0.738. The van der Waals surface area contributed by atoms with E-state index >= 15 is 0 Å². The standard InChI is InChI=1S/C18H24N4O3/c1-2-3-10-24-15-6-4-13(5-7-15)18-21-20-16(25-18)12-22-9-8-14(11-22)17(19)23/h4-7,14H,2-3,8-12H2,1H3,(H2,19,23). The molecular weight excluding hydrogens is 320 g/mol. The molecule has 7 heteroatoms. The number of aromatic nitrogens is 2. The molecule has 1 aromatic carbocycles. The fraction of sp³-hybridized carbons (Fsp3) is 0.500. The van der Waals surface area contributed by atoms with E-state index in [4.69, 9.17) is 14.9 Å². The summed E-state index contributed by atoms with van der Waals surface area (Å²) in [6.45, 7) is 4.86. The van der Waals surface area contributed by atoms with Gasteiger partial charge in [0.15, 0.2) is 0 Å². The number of hydrogen-bond acceptors (Lipinski definition) is 6. The average molecular weight is 344 g/mol. The first-order valence-corrected chi connectivity index (χ1v) is 8.73. The maximum Gasteiger partial charge on any atom is 0.247 e. The highest BCUT2D eigenvalue weighted by Crippen LogP contribution is 2.23. The number of nitrogens with zero attached hydrogens (tertiary/aromatic N) is 3. The molecule has 1 atom stereocenters. The third-order valence-corrected chi connectivity index (χ3v) is 4.37. The van der Waals surface area contributed by atoms with E-state index in [2.05, 4.69) is 22.0 Å². The summed E-state index contributed by atoms with van der Waals surface area (Å²) in [5.74, 6) is 1.55. The number of benzene rings is 1. The molecule has 1 aromatic heterocycles. The van der Waals surface area contributed by atoms with Crippen LogP contribution in [0.5, 0.6) is 5.75 Å². The second-order valence-electron chi connectivity index (χ2n) is 6.35. The van der Waals surface area contributed by atoms with Crippen LogP contribution in [0.3, 0.4) is 0 Å². The van der Waals surface area contributed by atoms with Gasteiger partial charge in [0.2, 0.25) is 17.7 Å². The van der Waals surface area contributed by atoms with E-state index < -0.39 is 0 Å². The highest BCUT2D eigenvalue weighted by atomic mass is 16.5. The molecule has 25 heavy (non-hydrogen) atoms. The lowest BCUT2D eigenvalue weighted by Crippen LogP contribution is -2.27. The molecule has 1 fully saturated rings. The maximum atomic E-state index is 11.2. The Morgan fingerprint density at radius 2 is 2.16 bits per heavy atom. The molecule has 3 rings (SSSR count). The van der Waals surface area contributed by atoms with Crippen LogP contribution in [-0.4, -0.2) is 40.7 Å². The predicted octanol–water partition coefficient (Wildman–Crippen LogP) is 2.22. The van der Waals surface area contributed by atoms with Gasteiger partial charge in [-0.05, 0) is 43.7 Å². The number of carbonyl (C=O) groups excluding carboxylic acids is 1. The van der Waals surface area contributed by atoms with Crippen LogP contribution in [0, 0.1) is 5.92 Å². The van der Waals surface area contributed by atoms with Gasteiger partial charge in [0.05, 0.1) is 19.1 Å². The van der Waals surface area contributed by atoms with Crippen LogP contribution in [0.4, 0.5) is 0 Å². The molecule has 2 heterocycles. The zero-order valence-corrected chi connectivity index (χ0v) is 14.5. The molecule has 2 aromatic rings. The van der Waals surface area contributed by atoms with Crippen molar-refractivity contribution in [2.45, 2.75) is 32.7 Å². The molecule has 0 aliphatic carbocycles. The maximum absolute atomic E-state index is 11.2. The van der Waals surface area contributed by atoms with Crippen LogP contribution < -0.4 is 10.5 Å². The first-order chi connectivity index (χ1) is 12.2. The van der Waals surface area contributed by atoms with Gasteiger partial charge >= 0.3 is 0 Å². The Morgan fingerprint density at radius 3 is 2.84 bits per heavy atom. The molecule has 1 saturated heterocycles. The van der Waals surface area contributed by atoms with E-state index in [0.717, 1.165) is 43.7 Å². The third-order valence-electron chi connectivity index (χ3n) is 4.37. The highest BCUT2D eigenvalue weighted by molar-refractivity contribution is 5.77. The molecule has 7 nitrogen and oxygen atoms in total. The number of carbonyl (C=O) groups is 1. The van der Waals surface area contributed by atoms with Crippen LogP contribution in [0.25, 0.3) is 11.5 Å². The molecule has 1 aliphatic rings. The summed E-state index contributed by atoms with van der Waals surface area (Å²) >= 11 is 0. The zero-order valence-electron chi connectivity index (χ0n) is 14.5. The largest absolute Gasteiger partial charge is 0.494 e. The summed E-state index contributed by atoms with van der Waals surface area (Å²) in [6, 6.07) is 7.65. The van der Waals surface area contributed by atoms with Crippen molar-refractivity contribution in [3.05, 3.63) is 30.2 Å². The lowest BCUT2D eigenvalue weighted by molar-refractivity contribution is -0.121. The number of hydrogen-bond donors (Lipinski definition) is 1. The van der Waals surface area contributed by atoms with Crippen molar-refractivity contribution in [2.75, 3.05) is 19.7 Å². The molecular formula is C18H24N4O3. The van der Waals surface area contributed by atoms with Crippen molar-refractivity contribution in [3.63, 3.8) is 0 Å². The Kier molecular flexibility index (Phi) is 5.65. The number of amides is 1. The first-order valence-electron chi connectivity index (χ1n) is 8.73. The van der Waals surface area contributed by atoms with Crippen LogP contribution in [0.15, 0.2) is 28.7 Å². The van der Waals surface area contributed by atoms with Gasteiger partial charge in [-0.2, -0.15) is 0 Å². The van der Waals surface area contributed by atoms with Crippen molar-refractivity contribution in [1.29, 1.82) is 0 Å². The summed E-state index contributed by atoms with van der Waals surface area (Å²) in [5, 5.41) is 8.22. The van der Waals surface area contributed by atoms with E-state index in [1.165, 1.54) is 0 Å². The van der Waals surface area contributed by atoms with Crippen molar-refractivity contribution >= 4 is 5.91 Å². The fourth-order valence-corrected chi connectivity index (χ4v) is 2.86. The van der Waals surface area contributed by atoms with Crippen molar-refractivity contribution in [2.24, 2.45) is 11.7 Å². The van der Waals surface area contributed by atoms with Gasteiger partial charge in [-0.3, -0.25) is 9.69 Å². The second-order valence-corrected chi connectivity index (χ2v) is 6.35. The van der Waals surface area contributed by atoms with Gasteiger partial charge in [-0.15, -0.1) is 10.2 Å². The summed E-state index contributed by atoms with van der Waals surface area (Å²) in [4.78, 5) is 13.3. The summed E-state index contributed by atoms with van der Waals surface area (Å²) in [6.07, 6.45) is 2.94. The van der Waals surface area contributed by atoms with Gasteiger partial charge < -0.3 is 14.9 Å². The molecule has 0 saturated carbocycles. The Labute approximate surface area is 147 Å². The molecule has 0 spiro atoms. The van der Waals surface area contributed by atoms with E-state index in [1.54, 1.807) is 0 Å². The van der Waals surface area contributed by atoms with Gasteiger partial charge in [-0.25, -0.2) is 0 Å². The van der Waals surface area contributed by atoms with E-state index in [0.29, 0.717) is 24.9 Å². The molecule has 1 unspecified atom stereocenters. The SMILES string of the molecule is CCCCOc1ccc(-c2nnc(CN3CCC(C(N)=O)C3)o2)cc1. The number of rotatable bonds is 8. The van der Waals surface area contributed by atoms with E-state index in [9.17, 15) is 4.79 Å². The Bertz CT molecular complexity index is 699. The lowest BCUT2D eigenvalue weighted by Gasteiger charge is -2.11. The molecule has 1 amide bonds. The zero-order chi connectivity index (χ0) is 17.6. The number of unbranched alkanes of at least 4 members (excludes halogenated alkanes) is 1. The van der Waals surface area contributed by atoms with Gasteiger partial charge in [0, 0.05) is 12.1 Å².